The van der Waals surface area contributed by atoms with Crippen molar-refractivity contribution in [1.82, 2.24) is 35.2 Å². The van der Waals surface area contributed by atoms with Crippen LogP contribution in [0, 0.1) is 20.8 Å². The van der Waals surface area contributed by atoms with Crippen molar-refractivity contribution in [3.05, 3.63) is 101 Å². The molecule has 0 aliphatic carbocycles. The predicted molar refractivity (Wildman–Crippen MR) is 151 cm³/mol. The summed E-state index contributed by atoms with van der Waals surface area (Å²) < 4.78 is 2.24. The molecule has 0 aliphatic heterocycles. The highest BCUT2D eigenvalue weighted by atomic mass is 15.5. The van der Waals surface area contributed by atoms with E-state index >= 15 is 0 Å². The van der Waals surface area contributed by atoms with Crippen LogP contribution < -0.4 is 0 Å². The predicted octanol–water partition coefficient (Wildman–Crippen LogP) is 6.48. The number of tetrazole rings is 1. The first kappa shape index (κ1) is 23.7. The molecule has 0 atom stereocenters. The monoisotopic (exact) mass is 499 g/mol. The van der Waals surface area contributed by atoms with Crippen LogP contribution in [0.15, 0.2) is 72.8 Å². The molecule has 0 spiro atoms. The molecule has 6 aromatic rings. The Hall–Kier alpha value is -4.65. The second-order valence-electron chi connectivity index (χ2n) is 9.78. The Labute approximate surface area is 221 Å². The Bertz CT molecular complexity index is 1750. The molecule has 0 fully saturated rings. The lowest BCUT2D eigenvalue weighted by atomic mass is 9.93. The van der Waals surface area contributed by atoms with Crippen LogP contribution in [0.4, 0.5) is 0 Å². The van der Waals surface area contributed by atoms with Crippen LogP contribution in [0.1, 0.15) is 35.1 Å². The van der Waals surface area contributed by atoms with E-state index in [0.29, 0.717) is 5.82 Å². The molecule has 0 radical (unpaired) electrons. The number of benzene rings is 3. The van der Waals surface area contributed by atoms with E-state index in [9.17, 15) is 0 Å². The third-order valence-corrected chi connectivity index (χ3v) is 6.98. The van der Waals surface area contributed by atoms with Gasteiger partial charge in [-0.25, -0.2) is 9.97 Å². The van der Waals surface area contributed by atoms with Crippen molar-refractivity contribution in [2.75, 3.05) is 0 Å². The number of imidazole rings is 1. The van der Waals surface area contributed by atoms with Gasteiger partial charge in [0.1, 0.15) is 11.3 Å². The van der Waals surface area contributed by atoms with E-state index in [2.05, 4.69) is 119 Å². The van der Waals surface area contributed by atoms with Crippen LogP contribution >= 0.6 is 0 Å². The molecule has 0 aliphatic rings. The maximum atomic E-state index is 4.90. The van der Waals surface area contributed by atoms with Gasteiger partial charge in [0.25, 0.3) is 0 Å². The number of H-pyrrole nitrogens is 1. The number of nitrogens with one attached hydrogen (secondary N) is 1. The van der Waals surface area contributed by atoms with Gasteiger partial charge in [0.15, 0.2) is 5.65 Å². The number of pyridine rings is 1. The summed E-state index contributed by atoms with van der Waals surface area (Å²) >= 11 is 0. The zero-order valence-electron chi connectivity index (χ0n) is 22.0. The quantitative estimate of drug-likeness (QED) is 0.283. The molecule has 7 nitrogen and oxygen atoms in total. The summed E-state index contributed by atoms with van der Waals surface area (Å²) in [6.45, 7) is 9.12. The second kappa shape index (κ2) is 9.67. The maximum absolute atomic E-state index is 4.90. The molecule has 3 heterocycles. The highest BCUT2D eigenvalue weighted by Gasteiger charge is 2.16. The number of aromatic nitrogens is 7. The summed E-state index contributed by atoms with van der Waals surface area (Å²) in [5, 5.41) is 14.9. The first-order chi connectivity index (χ1) is 18.5. The van der Waals surface area contributed by atoms with Crippen molar-refractivity contribution >= 4 is 11.2 Å². The first-order valence-corrected chi connectivity index (χ1v) is 12.9. The Morgan fingerprint density at radius 3 is 2.32 bits per heavy atom. The van der Waals surface area contributed by atoms with Gasteiger partial charge in [-0.1, -0.05) is 67.1 Å². The molecule has 0 amide bonds. The van der Waals surface area contributed by atoms with Crippen molar-refractivity contribution in [2.24, 2.45) is 0 Å². The minimum Gasteiger partial charge on any atom is -0.308 e. The Morgan fingerprint density at radius 1 is 0.789 bits per heavy atom. The van der Waals surface area contributed by atoms with Gasteiger partial charge in [-0.3, -0.25) is 0 Å². The van der Waals surface area contributed by atoms with Crippen molar-refractivity contribution < 1.29 is 0 Å². The normalized spacial score (nSPS) is 11.4. The van der Waals surface area contributed by atoms with Gasteiger partial charge < -0.3 is 4.57 Å². The molecular weight excluding hydrogens is 470 g/mol. The van der Waals surface area contributed by atoms with Crippen molar-refractivity contribution in [3.63, 3.8) is 0 Å². The molecule has 1 N–H and O–H groups in total. The fourth-order valence-corrected chi connectivity index (χ4v) is 5.11. The topological polar surface area (TPSA) is 85.2 Å². The average molecular weight is 500 g/mol. The molecule has 0 saturated heterocycles. The van der Waals surface area contributed by atoms with Crippen molar-refractivity contribution in [1.29, 1.82) is 0 Å². The number of aryl methyl sites for hydroxylation is 4. The minimum atomic E-state index is 0.578. The fourth-order valence-electron chi connectivity index (χ4n) is 5.11. The molecule has 3 aromatic heterocycles. The zero-order valence-corrected chi connectivity index (χ0v) is 22.0. The van der Waals surface area contributed by atoms with Crippen LogP contribution in [-0.2, 0) is 13.0 Å². The van der Waals surface area contributed by atoms with Gasteiger partial charge in [-0.15, -0.1) is 10.2 Å². The van der Waals surface area contributed by atoms with E-state index < -0.39 is 0 Å². The number of rotatable bonds is 6. The second-order valence-corrected chi connectivity index (χ2v) is 9.78. The van der Waals surface area contributed by atoms with Gasteiger partial charge in [0.2, 0.25) is 5.82 Å². The van der Waals surface area contributed by atoms with Gasteiger partial charge >= 0.3 is 0 Å². The van der Waals surface area contributed by atoms with Gasteiger partial charge in [-0.2, -0.15) is 5.21 Å². The lowest BCUT2D eigenvalue weighted by molar-refractivity contribution is 0.745. The molecule has 3 aromatic carbocycles. The van der Waals surface area contributed by atoms with E-state index in [1.54, 1.807) is 0 Å². The van der Waals surface area contributed by atoms with Gasteiger partial charge in [-0.05, 0) is 77.6 Å². The van der Waals surface area contributed by atoms with E-state index in [0.717, 1.165) is 57.9 Å². The molecule has 38 heavy (non-hydrogen) atoms. The summed E-state index contributed by atoms with van der Waals surface area (Å²) in [4.78, 5) is 9.72. The fraction of sp³-hybridized carbons (Fsp3) is 0.194. The summed E-state index contributed by atoms with van der Waals surface area (Å²) in [5.74, 6) is 1.63. The maximum Gasteiger partial charge on any atom is 0.205 e. The number of hydrogen-bond donors (Lipinski definition) is 1. The van der Waals surface area contributed by atoms with E-state index in [1.165, 1.54) is 22.3 Å². The lowest BCUT2D eigenvalue weighted by Gasteiger charge is -2.13. The molecule has 6 rings (SSSR count). The van der Waals surface area contributed by atoms with Crippen molar-refractivity contribution in [2.45, 2.75) is 40.7 Å². The van der Waals surface area contributed by atoms with Crippen molar-refractivity contribution in [3.8, 4) is 33.6 Å². The molecule has 0 bridgehead atoms. The first-order valence-electron chi connectivity index (χ1n) is 12.9. The van der Waals surface area contributed by atoms with Crippen LogP contribution in [-0.4, -0.2) is 35.2 Å². The van der Waals surface area contributed by atoms with E-state index in [-0.39, 0.29) is 0 Å². The molecule has 188 valence electrons. The summed E-state index contributed by atoms with van der Waals surface area (Å²) in [5.41, 5.74) is 12.0. The molecule has 0 saturated carbocycles. The third kappa shape index (κ3) is 4.36. The smallest absolute Gasteiger partial charge is 0.205 e. The number of hydrogen-bond acceptors (Lipinski definition) is 5. The molecule has 7 heteroatoms. The SMILES string of the molecule is CCc1nc2c(C)cc(C)nc2n1Cc1ccc(-c2cc(-c3cccc(C)c3)ccc2-c2nn[nH]n2)cc1. The van der Waals surface area contributed by atoms with Crippen LogP contribution in [0.5, 0.6) is 0 Å². The van der Waals surface area contributed by atoms with Crippen LogP contribution in [0.25, 0.3) is 44.8 Å². The highest BCUT2D eigenvalue weighted by molar-refractivity contribution is 5.85. The van der Waals surface area contributed by atoms with Gasteiger partial charge in [0.05, 0.1) is 6.54 Å². The minimum absolute atomic E-state index is 0.578. The van der Waals surface area contributed by atoms with Crippen LogP contribution in [0.2, 0.25) is 0 Å². The van der Waals surface area contributed by atoms with Gasteiger partial charge in [0, 0.05) is 17.7 Å². The molecule has 0 unspecified atom stereocenters. The third-order valence-electron chi connectivity index (χ3n) is 6.98. The largest absolute Gasteiger partial charge is 0.308 e. The lowest BCUT2D eigenvalue weighted by Crippen LogP contribution is -2.05. The standard InChI is InChI=1S/C31H29N7/c1-5-28-33-29-20(3)16-21(4)32-31(29)38(28)18-22-9-11-23(12-10-22)27-17-25(24-8-6-7-19(2)15-24)13-14-26(27)30-34-36-37-35-30/h6-17H,5,18H2,1-4H3,(H,34,35,36,37). The molecular formula is C31H29N7. The number of nitrogens with zero attached hydrogens (tertiary/aromatic N) is 6. The number of fused-ring (bicyclic) bond motifs is 1. The van der Waals surface area contributed by atoms with E-state index in [4.69, 9.17) is 9.97 Å². The zero-order chi connectivity index (χ0) is 26.2. The Balaban J connectivity index is 1.40. The summed E-state index contributed by atoms with van der Waals surface area (Å²) in [6.07, 6.45) is 0.854. The Morgan fingerprint density at radius 2 is 1.58 bits per heavy atom. The number of aromatic amines is 1. The van der Waals surface area contributed by atoms with E-state index in [1.807, 2.05) is 6.92 Å². The summed E-state index contributed by atoms with van der Waals surface area (Å²) in [7, 11) is 0. The summed E-state index contributed by atoms with van der Waals surface area (Å²) in [6, 6.07) is 25.8. The highest BCUT2D eigenvalue weighted by Crippen LogP contribution is 2.34. The average Bonchev–Trinajstić information content (AvgIpc) is 3.58. The van der Waals surface area contributed by atoms with Crippen LogP contribution in [0.3, 0.4) is 0 Å². The Kier molecular flexibility index (Phi) is 6.04.